The largest absolute Gasteiger partial charge is 0.496 e. The maximum absolute atomic E-state index is 5.76. The number of rotatable bonds is 6. The first-order valence-corrected chi connectivity index (χ1v) is 12.0. The molecular formula is C25H34N2OS. The van der Waals surface area contributed by atoms with Crippen LogP contribution in [0.25, 0.3) is 0 Å². The van der Waals surface area contributed by atoms with Gasteiger partial charge in [0.15, 0.2) is 0 Å². The Labute approximate surface area is 178 Å². The van der Waals surface area contributed by atoms with Crippen molar-refractivity contribution < 1.29 is 4.74 Å². The van der Waals surface area contributed by atoms with Gasteiger partial charge in [-0.3, -0.25) is 0 Å². The summed E-state index contributed by atoms with van der Waals surface area (Å²) in [5, 5.41) is 1.11. The van der Waals surface area contributed by atoms with Crippen molar-refractivity contribution in [3.63, 3.8) is 0 Å². The number of allylic oxidation sites excluding steroid dienone is 1. The summed E-state index contributed by atoms with van der Waals surface area (Å²) in [6, 6.07) is 6.79. The Kier molecular flexibility index (Phi) is 6.52. The molecule has 1 aliphatic heterocycles. The van der Waals surface area contributed by atoms with E-state index in [1.807, 2.05) is 0 Å². The lowest BCUT2D eigenvalue weighted by Crippen LogP contribution is -2.28. The molecule has 0 saturated heterocycles. The SMILES string of the molecule is C/C=C\CN(CC(C)C)c1ccc2c(c1)=S(C)c1c(C)c(OC)c(C)c(C)c1N=2. The topological polar surface area (TPSA) is 24.8 Å². The number of fused-ring (bicyclic) bond motifs is 2. The lowest BCUT2D eigenvalue weighted by molar-refractivity contribution is 0.406. The number of hydrogen-bond acceptors (Lipinski definition) is 3. The molecule has 0 radical (unpaired) electrons. The van der Waals surface area contributed by atoms with Crippen LogP contribution in [0.15, 0.2) is 40.2 Å². The summed E-state index contributed by atoms with van der Waals surface area (Å²) in [5.74, 6) is 1.61. The third-order valence-electron chi connectivity index (χ3n) is 5.68. The van der Waals surface area contributed by atoms with E-state index < -0.39 is 0 Å². The van der Waals surface area contributed by atoms with E-state index in [0.29, 0.717) is 5.92 Å². The number of nitrogens with zero attached hydrogens (tertiary/aromatic N) is 2. The highest BCUT2D eigenvalue weighted by atomic mass is 32.2. The molecule has 0 fully saturated rings. The number of methoxy groups -OCH3 is 1. The van der Waals surface area contributed by atoms with E-state index in [0.717, 1.165) is 29.9 Å². The van der Waals surface area contributed by atoms with Gasteiger partial charge < -0.3 is 9.64 Å². The van der Waals surface area contributed by atoms with Gasteiger partial charge in [-0.15, -0.1) is 10.5 Å². The molecule has 156 valence electrons. The van der Waals surface area contributed by atoms with E-state index in [1.54, 1.807) is 7.11 Å². The van der Waals surface area contributed by atoms with E-state index in [1.165, 1.54) is 31.8 Å². The molecule has 3 nitrogen and oxygen atoms in total. The molecule has 4 heteroatoms. The highest BCUT2D eigenvalue weighted by Crippen LogP contribution is 2.47. The van der Waals surface area contributed by atoms with Crippen LogP contribution in [0, 0.1) is 31.2 Å². The van der Waals surface area contributed by atoms with Crippen molar-refractivity contribution in [1.29, 1.82) is 0 Å². The Morgan fingerprint density at radius 3 is 2.48 bits per heavy atom. The van der Waals surface area contributed by atoms with Crippen LogP contribution in [0.2, 0.25) is 0 Å². The van der Waals surface area contributed by atoms with Gasteiger partial charge in [-0.2, -0.15) is 0 Å². The van der Waals surface area contributed by atoms with Crippen molar-refractivity contribution >= 4 is 21.9 Å². The smallest absolute Gasteiger partial charge is 0.126 e. The van der Waals surface area contributed by atoms with Crippen molar-refractivity contribution in [2.24, 2.45) is 10.9 Å². The summed E-state index contributed by atoms with van der Waals surface area (Å²) < 4.78 is 7.09. The van der Waals surface area contributed by atoms with Gasteiger partial charge in [-0.25, -0.2) is 4.99 Å². The van der Waals surface area contributed by atoms with Crippen LogP contribution in [0.4, 0.5) is 11.4 Å². The monoisotopic (exact) mass is 410 g/mol. The second-order valence-corrected chi connectivity index (χ2v) is 10.1. The molecule has 2 aromatic carbocycles. The van der Waals surface area contributed by atoms with Crippen molar-refractivity contribution in [2.75, 3.05) is 31.4 Å². The zero-order valence-corrected chi connectivity index (χ0v) is 19.9. The van der Waals surface area contributed by atoms with Gasteiger partial charge in [0, 0.05) is 33.7 Å². The summed E-state index contributed by atoms with van der Waals surface area (Å²) in [6.07, 6.45) is 6.69. The van der Waals surface area contributed by atoms with Crippen LogP contribution in [-0.2, 0) is 0 Å². The first-order chi connectivity index (χ1) is 13.8. The van der Waals surface area contributed by atoms with E-state index >= 15 is 0 Å². The van der Waals surface area contributed by atoms with E-state index in [9.17, 15) is 0 Å². The van der Waals surface area contributed by atoms with Gasteiger partial charge in [0.05, 0.1) is 18.2 Å². The summed E-state index contributed by atoms with van der Waals surface area (Å²) >= 11 is 0. The zero-order chi connectivity index (χ0) is 21.3. The molecule has 2 aromatic rings. The maximum Gasteiger partial charge on any atom is 0.126 e. The molecule has 29 heavy (non-hydrogen) atoms. The molecule has 1 atom stereocenters. The Balaban J connectivity index is 2.23. The van der Waals surface area contributed by atoms with Crippen LogP contribution in [-0.4, -0.2) is 26.5 Å². The fourth-order valence-corrected chi connectivity index (χ4v) is 6.11. The molecule has 1 aliphatic rings. The van der Waals surface area contributed by atoms with E-state index in [2.05, 4.69) is 83.0 Å². The van der Waals surface area contributed by atoms with Crippen molar-refractivity contribution in [3.8, 4) is 5.75 Å². The van der Waals surface area contributed by atoms with Gasteiger partial charge in [0.2, 0.25) is 0 Å². The van der Waals surface area contributed by atoms with Crippen LogP contribution in [0.1, 0.15) is 37.5 Å². The summed E-state index contributed by atoms with van der Waals surface area (Å²) in [5.41, 5.74) is 6.07. The number of anilines is 1. The lowest BCUT2D eigenvalue weighted by Gasteiger charge is -2.27. The van der Waals surface area contributed by atoms with Gasteiger partial charge in [0.25, 0.3) is 0 Å². The fourth-order valence-electron chi connectivity index (χ4n) is 4.12. The van der Waals surface area contributed by atoms with Crippen LogP contribution >= 0.6 is 10.5 Å². The van der Waals surface area contributed by atoms with Gasteiger partial charge in [-0.1, -0.05) is 26.0 Å². The average molecular weight is 411 g/mol. The predicted octanol–water partition coefficient (Wildman–Crippen LogP) is 6.13. The highest BCUT2D eigenvalue weighted by molar-refractivity contribution is 8.09. The molecule has 0 aliphatic carbocycles. The molecular weight excluding hydrogens is 376 g/mol. The minimum Gasteiger partial charge on any atom is -0.496 e. The highest BCUT2D eigenvalue weighted by Gasteiger charge is 2.21. The molecule has 0 N–H and O–H groups in total. The number of benzene rings is 2. The first kappa shape index (κ1) is 21.6. The van der Waals surface area contributed by atoms with Gasteiger partial charge >= 0.3 is 0 Å². The molecule has 3 rings (SSSR count). The lowest BCUT2D eigenvalue weighted by atomic mass is 10.0. The van der Waals surface area contributed by atoms with Crippen molar-refractivity contribution in [2.45, 2.75) is 46.4 Å². The molecule has 1 unspecified atom stereocenters. The average Bonchev–Trinajstić information content (AvgIpc) is 2.69. The normalized spacial score (nSPS) is 15.3. The van der Waals surface area contributed by atoms with Crippen LogP contribution in [0.5, 0.6) is 5.75 Å². The second-order valence-electron chi connectivity index (χ2n) is 8.23. The second kappa shape index (κ2) is 8.74. The van der Waals surface area contributed by atoms with Gasteiger partial charge in [-0.05, 0) is 69.2 Å². The quantitative estimate of drug-likeness (QED) is 0.422. The molecule has 0 aromatic heterocycles. The number of hydrogen-bond donors (Lipinski definition) is 0. The molecule has 0 amide bonds. The Morgan fingerprint density at radius 1 is 1.14 bits per heavy atom. The zero-order valence-electron chi connectivity index (χ0n) is 19.1. The Bertz CT molecular complexity index is 1080. The van der Waals surface area contributed by atoms with Crippen LogP contribution in [0.3, 0.4) is 0 Å². The van der Waals surface area contributed by atoms with E-state index in [4.69, 9.17) is 9.73 Å². The summed E-state index contributed by atoms with van der Waals surface area (Å²) in [4.78, 5) is 8.89. The molecule has 0 bridgehead atoms. The van der Waals surface area contributed by atoms with Crippen molar-refractivity contribution in [3.05, 3.63) is 56.9 Å². The number of ether oxygens (including phenoxy) is 1. The standard InChI is InChI=1S/C25H34N2OS/c1-9-10-13-27(15-16(2)3)20-11-12-21-22(14-20)29(8)25-19(6)24(28-7)18(5)17(4)23(25)26-21/h9-12,14,16H,13,15H2,1-8H3/b10-9-. The van der Waals surface area contributed by atoms with Crippen LogP contribution < -0.4 is 15.0 Å². The predicted molar refractivity (Wildman–Crippen MR) is 127 cm³/mol. The summed E-state index contributed by atoms with van der Waals surface area (Å²) in [7, 11) is 1.72. The van der Waals surface area contributed by atoms with Gasteiger partial charge in [0.1, 0.15) is 5.75 Å². The third kappa shape index (κ3) is 4.00. The first-order valence-electron chi connectivity index (χ1n) is 10.4. The summed E-state index contributed by atoms with van der Waals surface area (Å²) in [6.45, 7) is 15.1. The van der Waals surface area contributed by atoms with E-state index in [-0.39, 0.29) is 10.5 Å². The van der Waals surface area contributed by atoms with Crippen molar-refractivity contribution in [1.82, 2.24) is 0 Å². The Morgan fingerprint density at radius 2 is 1.86 bits per heavy atom. The Hall–Kier alpha value is -2.07. The minimum atomic E-state index is -0.0457. The maximum atomic E-state index is 5.76. The third-order valence-corrected chi connectivity index (χ3v) is 7.78. The fraction of sp³-hybridized carbons (Fsp3) is 0.440. The molecule has 0 spiro atoms. The minimum absolute atomic E-state index is 0.0457. The molecule has 0 saturated carbocycles. The molecule has 1 heterocycles.